The van der Waals surface area contributed by atoms with Crippen LogP contribution in [0.25, 0.3) is 0 Å². The molecule has 1 aliphatic carbocycles. The summed E-state index contributed by atoms with van der Waals surface area (Å²) in [7, 11) is 0. The zero-order chi connectivity index (χ0) is 7.78. The summed E-state index contributed by atoms with van der Waals surface area (Å²) in [4.78, 5) is 0. The second kappa shape index (κ2) is 2.24. The molecule has 0 spiro atoms. The van der Waals surface area contributed by atoms with E-state index in [1.54, 1.807) is 0 Å². The van der Waals surface area contributed by atoms with Gasteiger partial charge in [-0.05, 0) is 25.3 Å². The topological polar surface area (TPSA) is 20.2 Å². The Morgan fingerprint density at radius 3 is 2.10 bits per heavy atom. The largest absolute Gasteiger partial charge is 0.392 e. The van der Waals surface area contributed by atoms with Crippen LogP contribution in [0.5, 0.6) is 0 Å². The molecule has 0 aromatic heterocycles. The third-order valence-electron chi connectivity index (χ3n) is 2.43. The summed E-state index contributed by atoms with van der Waals surface area (Å²) < 4.78 is 0. The lowest BCUT2D eigenvalue weighted by Crippen LogP contribution is -2.07. The van der Waals surface area contributed by atoms with Gasteiger partial charge < -0.3 is 5.11 Å². The van der Waals surface area contributed by atoms with Crippen molar-refractivity contribution in [3.05, 3.63) is 24.3 Å². The van der Waals surface area contributed by atoms with E-state index in [0.29, 0.717) is 0 Å². The normalized spacial score (nSPS) is 20.2. The number of allylic oxidation sites excluding steroid dienone is 1. The molecule has 1 nitrogen and oxygen atoms in total. The van der Waals surface area contributed by atoms with Crippen molar-refractivity contribution in [1.82, 2.24) is 0 Å². The summed E-state index contributed by atoms with van der Waals surface area (Å²) in [5, 5.41) is 8.82. The molecule has 1 rings (SSSR count). The van der Waals surface area contributed by atoms with Gasteiger partial charge in [0.05, 0.1) is 6.61 Å². The van der Waals surface area contributed by atoms with Crippen molar-refractivity contribution in [1.29, 1.82) is 0 Å². The smallest absolute Gasteiger partial charge is 0.0647 e. The van der Waals surface area contributed by atoms with E-state index in [1.165, 1.54) is 0 Å². The van der Waals surface area contributed by atoms with Crippen LogP contribution in [0.1, 0.15) is 19.8 Å². The molecule has 0 bridgehead atoms. The van der Waals surface area contributed by atoms with E-state index in [-0.39, 0.29) is 12.0 Å². The Morgan fingerprint density at radius 1 is 1.50 bits per heavy atom. The lowest BCUT2D eigenvalue weighted by atomic mass is 9.91. The predicted octanol–water partition coefficient (Wildman–Crippen LogP) is 1.89. The minimum atomic E-state index is 0.104. The third kappa shape index (κ3) is 0.907. The zero-order valence-corrected chi connectivity index (χ0v) is 6.48. The molecule has 0 amide bonds. The van der Waals surface area contributed by atoms with Gasteiger partial charge in [0, 0.05) is 5.41 Å². The standard InChI is InChI=1S/C9H14O/c1-7(2)9(4-5-9)8(3)6-10/h10H,1,3-6H2,2H3. The molecule has 0 heterocycles. The number of hydrogen-bond acceptors (Lipinski definition) is 1. The van der Waals surface area contributed by atoms with Crippen LogP contribution in [0.15, 0.2) is 24.3 Å². The molecule has 1 N–H and O–H groups in total. The highest BCUT2D eigenvalue weighted by atomic mass is 16.3. The molecular formula is C9H14O. The maximum absolute atomic E-state index is 8.82. The monoisotopic (exact) mass is 138 g/mol. The van der Waals surface area contributed by atoms with Gasteiger partial charge in [0.1, 0.15) is 0 Å². The fourth-order valence-corrected chi connectivity index (χ4v) is 1.36. The van der Waals surface area contributed by atoms with E-state index in [4.69, 9.17) is 5.11 Å². The van der Waals surface area contributed by atoms with Crippen molar-refractivity contribution >= 4 is 0 Å². The highest BCUT2D eigenvalue weighted by Crippen LogP contribution is 2.55. The quantitative estimate of drug-likeness (QED) is 0.590. The first kappa shape index (κ1) is 7.55. The van der Waals surface area contributed by atoms with Crippen molar-refractivity contribution in [2.45, 2.75) is 19.8 Å². The molecule has 10 heavy (non-hydrogen) atoms. The van der Waals surface area contributed by atoms with E-state index >= 15 is 0 Å². The maximum Gasteiger partial charge on any atom is 0.0647 e. The van der Waals surface area contributed by atoms with Crippen molar-refractivity contribution in [2.24, 2.45) is 5.41 Å². The lowest BCUT2D eigenvalue weighted by Gasteiger charge is -2.15. The number of rotatable bonds is 3. The van der Waals surface area contributed by atoms with E-state index in [1.807, 2.05) is 6.92 Å². The molecule has 1 saturated carbocycles. The van der Waals surface area contributed by atoms with Crippen molar-refractivity contribution in [3.63, 3.8) is 0 Å². The van der Waals surface area contributed by atoms with Crippen LogP contribution < -0.4 is 0 Å². The van der Waals surface area contributed by atoms with Gasteiger partial charge in [0.2, 0.25) is 0 Å². The zero-order valence-electron chi connectivity index (χ0n) is 6.48. The van der Waals surface area contributed by atoms with Crippen LogP contribution in [0.3, 0.4) is 0 Å². The average molecular weight is 138 g/mol. The Balaban J connectivity index is 2.69. The molecule has 0 aromatic carbocycles. The van der Waals surface area contributed by atoms with E-state index in [0.717, 1.165) is 24.0 Å². The number of hydrogen-bond donors (Lipinski definition) is 1. The van der Waals surface area contributed by atoms with Crippen LogP contribution in [0, 0.1) is 5.41 Å². The molecule has 1 fully saturated rings. The molecular weight excluding hydrogens is 124 g/mol. The van der Waals surface area contributed by atoms with Gasteiger partial charge in [-0.25, -0.2) is 0 Å². The Bertz CT molecular complexity index is 175. The van der Waals surface area contributed by atoms with Gasteiger partial charge in [-0.15, -0.1) is 0 Å². The molecule has 1 aliphatic rings. The summed E-state index contributed by atoms with van der Waals surface area (Å²) in [6.07, 6.45) is 2.25. The maximum atomic E-state index is 8.82. The molecule has 0 unspecified atom stereocenters. The first-order valence-electron chi connectivity index (χ1n) is 3.58. The third-order valence-corrected chi connectivity index (χ3v) is 2.43. The van der Waals surface area contributed by atoms with Gasteiger partial charge >= 0.3 is 0 Å². The molecule has 56 valence electrons. The highest BCUT2D eigenvalue weighted by Gasteiger charge is 2.45. The minimum Gasteiger partial charge on any atom is -0.392 e. The number of aliphatic hydroxyl groups is 1. The van der Waals surface area contributed by atoms with Gasteiger partial charge in [-0.2, -0.15) is 0 Å². The Hall–Kier alpha value is -0.560. The first-order valence-corrected chi connectivity index (χ1v) is 3.58. The van der Waals surface area contributed by atoms with Crippen molar-refractivity contribution in [3.8, 4) is 0 Å². The molecule has 0 radical (unpaired) electrons. The van der Waals surface area contributed by atoms with Gasteiger partial charge in [0.15, 0.2) is 0 Å². The van der Waals surface area contributed by atoms with Crippen LogP contribution in [-0.4, -0.2) is 11.7 Å². The lowest BCUT2D eigenvalue weighted by molar-refractivity contribution is 0.316. The molecule has 0 aromatic rings. The van der Waals surface area contributed by atoms with Crippen LogP contribution in [0.2, 0.25) is 0 Å². The Kier molecular flexibility index (Phi) is 1.69. The second-order valence-corrected chi connectivity index (χ2v) is 3.12. The fourth-order valence-electron chi connectivity index (χ4n) is 1.36. The SMILES string of the molecule is C=C(C)C1(C(=C)CO)CC1. The van der Waals surface area contributed by atoms with Crippen molar-refractivity contribution in [2.75, 3.05) is 6.61 Å². The summed E-state index contributed by atoms with van der Waals surface area (Å²) in [6, 6.07) is 0. The molecule has 0 aliphatic heterocycles. The minimum absolute atomic E-state index is 0.104. The second-order valence-electron chi connectivity index (χ2n) is 3.12. The van der Waals surface area contributed by atoms with Crippen LogP contribution in [0.4, 0.5) is 0 Å². The van der Waals surface area contributed by atoms with E-state index in [9.17, 15) is 0 Å². The summed E-state index contributed by atoms with van der Waals surface area (Å²) >= 11 is 0. The summed E-state index contributed by atoms with van der Waals surface area (Å²) in [6.45, 7) is 9.82. The fraction of sp³-hybridized carbons (Fsp3) is 0.556. The number of aliphatic hydroxyl groups excluding tert-OH is 1. The van der Waals surface area contributed by atoms with Crippen LogP contribution in [-0.2, 0) is 0 Å². The van der Waals surface area contributed by atoms with E-state index < -0.39 is 0 Å². The summed E-state index contributed by atoms with van der Waals surface area (Å²) in [5.41, 5.74) is 2.20. The average Bonchev–Trinajstić information content (AvgIpc) is 2.65. The molecule has 1 heteroatoms. The van der Waals surface area contributed by atoms with Crippen LogP contribution >= 0.6 is 0 Å². The van der Waals surface area contributed by atoms with E-state index in [2.05, 4.69) is 13.2 Å². The van der Waals surface area contributed by atoms with Gasteiger partial charge in [0.25, 0.3) is 0 Å². The Morgan fingerprint density at radius 2 is 2.00 bits per heavy atom. The van der Waals surface area contributed by atoms with Gasteiger partial charge in [-0.3, -0.25) is 0 Å². The molecule has 0 saturated heterocycles. The predicted molar refractivity (Wildman–Crippen MR) is 42.7 cm³/mol. The summed E-state index contributed by atoms with van der Waals surface area (Å²) in [5.74, 6) is 0. The van der Waals surface area contributed by atoms with Gasteiger partial charge in [-0.1, -0.05) is 18.7 Å². The first-order chi connectivity index (χ1) is 4.63. The van der Waals surface area contributed by atoms with Crippen molar-refractivity contribution < 1.29 is 5.11 Å². The Labute approximate surface area is 62.1 Å². The molecule has 0 atom stereocenters. The highest BCUT2D eigenvalue weighted by molar-refractivity contribution is 5.32.